The highest BCUT2D eigenvalue weighted by Crippen LogP contribution is 2.02. The summed E-state index contributed by atoms with van der Waals surface area (Å²) in [6, 6.07) is 0.639. The van der Waals surface area contributed by atoms with E-state index in [-0.39, 0.29) is 0 Å². The first kappa shape index (κ1) is 11.9. The summed E-state index contributed by atoms with van der Waals surface area (Å²) in [5.74, 6) is 0.721. The molecule has 0 aromatic rings. The highest BCUT2D eigenvalue weighted by atomic mass is 15.1. The molecule has 0 aliphatic heterocycles. The maximum atomic E-state index is 3.51. The molecule has 0 aromatic heterocycles. The molecule has 0 saturated heterocycles. The standard InChI is InChI=1S/C10H24N2/c1-6-11-10(9(3)4)8-12(5)7-2/h9-11H,6-8H2,1-5H3. The average Bonchev–Trinajstić information content (AvgIpc) is 2.03. The number of rotatable bonds is 6. The Hall–Kier alpha value is -0.0800. The van der Waals surface area contributed by atoms with Gasteiger partial charge in [0.25, 0.3) is 0 Å². The van der Waals surface area contributed by atoms with Gasteiger partial charge in [-0.2, -0.15) is 0 Å². The van der Waals surface area contributed by atoms with Crippen LogP contribution < -0.4 is 5.32 Å². The Morgan fingerprint density at radius 1 is 1.25 bits per heavy atom. The molecule has 2 nitrogen and oxygen atoms in total. The summed E-state index contributed by atoms with van der Waals surface area (Å²) in [6.45, 7) is 12.3. The van der Waals surface area contributed by atoms with Gasteiger partial charge in [0.1, 0.15) is 0 Å². The molecule has 1 N–H and O–H groups in total. The van der Waals surface area contributed by atoms with Gasteiger partial charge in [-0.15, -0.1) is 0 Å². The molecular formula is C10H24N2. The van der Waals surface area contributed by atoms with E-state index >= 15 is 0 Å². The molecule has 0 bridgehead atoms. The Morgan fingerprint density at radius 2 is 1.83 bits per heavy atom. The van der Waals surface area contributed by atoms with E-state index in [4.69, 9.17) is 0 Å². The van der Waals surface area contributed by atoms with Crippen LogP contribution >= 0.6 is 0 Å². The van der Waals surface area contributed by atoms with Crippen LogP contribution in [0.3, 0.4) is 0 Å². The van der Waals surface area contributed by atoms with E-state index in [1.807, 2.05) is 0 Å². The lowest BCUT2D eigenvalue weighted by molar-refractivity contribution is 0.266. The Labute approximate surface area is 77.3 Å². The van der Waals surface area contributed by atoms with E-state index in [9.17, 15) is 0 Å². The van der Waals surface area contributed by atoms with Crippen LogP contribution in [0.2, 0.25) is 0 Å². The fraction of sp³-hybridized carbons (Fsp3) is 1.00. The van der Waals surface area contributed by atoms with Gasteiger partial charge >= 0.3 is 0 Å². The van der Waals surface area contributed by atoms with E-state index in [0.29, 0.717) is 6.04 Å². The lowest BCUT2D eigenvalue weighted by Gasteiger charge is -2.26. The molecule has 1 unspecified atom stereocenters. The zero-order valence-corrected chi connectivity index (χ0v) is 9.22. The Kier molecular flexibility index (Phi) is 6.39. The number of nitrogens with one attached hydrogen (secondary N) is 1. The van der Waals surface area contributed by atoms with Crippen molar-refractivity contribution in [3.05, 3.63) is 0 Å². The molecule has 12 heavy (non-hydrogen) atoms. The lowest BCUT2D eigenvalue weighted by Crippen LogP contribution is -2.42. The molecule has 0 rings (SSSR count). The summed E-state index contributed by atoms with van der Waals surface area (Å²) in [4.78, 5) is 2.35. The first-order valence-electron chi connectivity index (χ1n) is 5.03. The van der Waals surface area contributed by atoms with Crippen LogP contribution in [0.4, 0.5) is 0 Å². The minimum atomic E-state index is 0.639. The van der Waals surface area contributed by atoms with Crippen LogP contribution in [-0.4, -0.2) is 37.6 Å². The van der Waals surface area contributed by atoms with Gasteiger partial charge in [-0.05, 0) is 26.1 Å². The predicted molar refractivity (Wildman–Crippen MR) is 55.5 cm³/mol. The molecule has 0 aliphatic rings. The summed E-state index contributed by atoms with van der Waals surface area (Å²) in [5, 5.41) is 3.51. The van der Waals surface area contributed by atoms with E-state index in [1.165, 1.54) is 0 Å². The molecule has 0 fully saturated rings. The molecule has 1 atom stereocenters. The van der Waals surface area contributed by atoms with Crippen molar-refractivity contribution < 1.29 is 0 Å². The summed E-state index contributed by atoms with van der Waals surface area (Å²) >= 11 is 0. The Balaban J connectivity index is 3.77. The van der Waals surface area contributed by atoms with Crippen LogP contribution in [0.25, 0.3) is 0 Å². The van der Waals surface area contributed by atoms with Crippen molar-refractivity contribution in [3.63, 3.8) is 0 Å². The number of hydrogen-bond acceptors (Lipinski definition) is 2. The third-order valence-electron chi connectivity index (χ3n) is 2.32. The fourth-order valence-electron chi connectivity index (χ4n) is 1.24. The van der Waals surface area contributed by atoms with Crippen molar-refractivity contribution >= 4 is 0 Å². The van der Waals surface area contributed by atoms with Crippen molar-refractivity contribution in [2.24, 2.45) is 5.92 Å². The van der Waals surface area contributed by atoms with Gasteiger partial charge in [-0.3, -0.25) is 0 Å². The van der Waals surface area contributed by atoms with Crippen molar-refractivity contribution in [2.45, 2.75) is 33.7 Å². The molecule has 0 radical (unpaired) electrons. The first-order valence-corrected chi connectivity index (χ1v) is 5.03. The average molecular weight is 172 g/mol. The number of nitrogens with zero attached hydrogens (tertiary/aromatic N) is 1. The lowest BCUT2D eigenvalue weighted by atomic mass is 10.0. The van der Waals surface area contributed by atoms with E-state index in [2.05, 4.69) is 45.0 Å². The number of likely N-dealkylation sites (N-methyl/N-ethyl adjacent to an activating group) is 2. The molecule has 0 amide bonds. The van der Waals surface area contributed by atoms with Crippen LogP contribution in [0, 0.1) is 5.92 Å². The van der Waals surface area contributed by atoms with Gasteiger partial charge in [0, 0.05) is 12.6 Å². The molecule has 0 spiro atoms. The minimum Gasteiger partial charge on any atom is -0.313 e. The molecular weight excluding hydrogens is 148 g/mol. The second-order valence-electron chi connectivity index (χ2n) is 3.76. The maximum absolute atomic E-state index is 3.51. The zero-order chi connectivity index (χ0) is 9.56. The third kappa shape index (κ3) is 4.73. The number of hydrogen-bond donors (Lipinski definition) is 1. The highest BCUT2D eigenvalue weighted by Gasteiger charge is 2.12. The smallest absolute Gasteiger partial charge is 0.0217 e. The summed E-state index contributed by atoms with van der Waals surface area (Å²) < 4.78 is 0. The highest BCUT2D eigenvalue weighted by molar-refractivity contribution is 4.72. The largest absolute Gasteiger partial charge is 0.313 e. The molecule has 0 aliphatic carbocycles. The van der Waals surface area contributed by atoms with E-state index in [0.717, 1.165) is 25.6 Å². The molecule has 2 heteroatoms. The second kappa shape index (κ2) is 6.44. The first-order chi connectivity index (χ1) is 5.61. The zero-order valence-electron chi connectivity index (χ0n) is 9.22. The Morgan fingerprint density at radius 3 is 2.17 bits per heavy atom. The van der Waals surface area contributed by atoms with Gasteiger partial charge in [0.05, 0.1) is 0 Å². The molecule has 0 heterocycles. The van der Waals surface area contributed by atoms with Crippen molar-refractivity contribution in [2.75, 3.05) is 26.7 Å². The van der Waals surface area contributed by atoms with Gasteiger partial charge in [-0.1, -0.05) is 27.7 Å². The van der Waals surface area contributed by atoms with Crippen molar-refractivity contribution in [3.8, 4) is 0 Å². The van der Waals surface area contributed by atoms with Crippen LogP contribution in [-0.2, 0) is 0 Å². The monoisotopic (exact) mass is 172 g/mol. The van der Waals surface area contributed by atoms with Crippen LogP contribution in [0.1, 0.15) is 27.7 Å². The molecule has 0 aromatic carbocycles. The molecule has 0 saturated carbocycles. The van der Waals surface area contributed by atoms with Crippen LogP contribution in [0.15, 0.2) is 0 Å². The summed E-state index contributed by atoms with van der Waals surface area (Å²) in [7, 11) is 2.17. The van der Waals surface area contributed by atoms with Gasteiger partial charge in [-0.25, -0.2) is 0 Å². The van der Waals surface area contributed by atoms with Crippen molar-refractivity contribution in [1.29, 1.82) is 0 Å². The predicted octanol–water partition coefficient (Wildman–Crippen LogP) is 1.57. The van der Waals surface area contributed by atoms with Crippen LogP contribution in [0.5, 0.6) is 0 Å². The van der Waals surface area contributed by atoms with Crippen molar-refractivity contribution in [1.82, 2.24) is 10.2 Å². The van der Waals surface area contributed by atoms with Gasteiger partial charge in [0.15, 0.2) is 0 Å². The van der Waals surface area contributed by atoms with Gasteiger partial charge < -0.3 is 10.2 Å². The molecule has 74 valence electrons. The van der Waals surface area contributed by atoms with Gasteiger partial charge in [0.2, 0.25) is 0 Å². The normalized spacial score (nSPS) is 14.2. The minimum absolute atomic E-state index is 0.639. The third-order valence-corrected chi connectivity index (χ3v) is 2.32. The SMILES string of the molecule is CCNC(CN(C)CC)C(C)C. The van der Waals surface area contributed by atoms with E-state index in [1.54, 1.807) is 0 Å². The second-order valence-corrected chi connectivity index (χ2v) is 3.76. The Bertz CT molecular complexity index is 102. The maximum Gasteiger partial charge on any atom is 0.0217 e. The van der Waals surface area contributed by atoms with E-state index < -0.39 is 0 Å². The summed E-state index contributed by atoms with van der Waals surface area (Å²) in [5.41, 5.74) is 0. The quantitative estimate of drug-likeness (QED) is 0.654. The summed E-state index contributed by atoms with van der Waals surface area (Å²) in [6.07, 6.45) is 0. The fourth-order valence-corrected chi connectivity index (χ4v) is 1.24. The topological polar surface area (TPSA) is 15.3 Å².